The third-order valence-electron chi connectivity index (χ3n) is 7.53. The van der Waals surface area contributed by atoms with Gasteiger partial charge in [-0.05, 0) is 19.3 Å². The molecule has 0 aromatic carbocycles. The lowest BCUT2D eigenvalue weighted by molar-refractivity contribution is -0.304. The van der Waals surface area contributed by atoms with Crippen molar-refractivity contribution in [3.63, 3.8) is 0 Å². The molecule has 0 aliphatic carbocycles. The lowest BCUT2D eigenvalue weighted by Crippen LogP contribution is -2.60. The Balaban J connectivity index is 2.27. The summed E-state index contributed by atoms with van der Waals surface area (Å²) in [7, 11) is 0. The maximum atomic E-state index is 10.6. The van der Waals surface area contributed by atoms with Gasteiger partial charge in [0.2, 0.25) is 0 Å². The van der Waals surface area contributed by atoms with Gasteiger partial charge < -0.3 is 34.6 Å². The van der Waals surface area contributed by atoms with Crippen LogP contribution < -0.4 is 0 Å². The molecular formula is C30H60O7. The van der Waals surface area contributed by atoms with Crippen LogP contribution in [0.4, 0.5) is 0 Å². The lowest BCUT2D eigenvalue weighted by atomic mass is 9.98. The molecule has 0 spiro atoms. The van der Waals surface area contributed by atoms with E-state index in [1.54, 1.807) is 0 Å². The highest BCUT2D eigenvalue weighted by atomic mass is 16.7. The van der Waals surface area contributed by atoms with Gasteiger partial charge in [-0.3, -0.25) is 0 Å². The van der Waals surface area contributed by atoms with Gasteiger partial charge in [-0.1, -0.05) is 117 Å². The fraction of sp³-hybridized carbons (Fsp3) is 1.00. The minimum atomic E-state index is -1.29. The molecule has 7 heteroatoms. The number of ether oxygens (including phenoxy) is 3. The fourth-order valence-corrected chi connectivity index (χ4v) is 5.06. The van der Waals surface area contributed by atoms with Crippen LogP contribution in [0.5, 0.6) is 0 Å². The molecule has 1 aliphatic rings. The van der Waals surface area contributed by atoms with Crippen LogP contribution in [0.3, 0.4) is 0 Å². The topological polar surface area (TPSA) is 109 Å². The average Bonchev–Trinajstić information content (AvgIpc) is 2.89. The standard InChI is InChI=1S/C30H60O7/c1-3-5-7-9-11-13-14-16-18-20-25(32)21-23-36-29-28(27(33)26(24-31)37-30(29)34)35-22-19-17-15-12-10-8-6-4-2/h25-34H,3-24H2,1-2H3/t25-,26-,27-,28+,29-,30+/m1/s1. The summed E-state index contributed by atoms with van der Waals surface area (Å²) in [6.07, 6.45) is 16.6. The Morgan fingerprint density at radius 3 is 1.65 bits per heavy atom. The first-order valence-electron chi connectivity index (χ1n) is 15.6. The summed E-state index contributed by atoms with van der Waals surface area (Å²) in [5.41, 5.74) is 0. The van der Waals surface area contributed by atoms with Crippen LogP contribution in [0.2, 0.25) is 0 Å². The summed E-state index contributed by atoms with van der Waals surface area (Å²) >= 11 is 0. The van der Waals surface area contributed by atoms with E-state index in [1.807, 2.05) is 0 Å². The van der Waals surface area contributed by atoms with Gasteiger partial charge in [0, 0.05) is 13.2 Å². The Labute approximate surface area is 227 Å². The molecule has 0 bridgehead atoms. The zero-order valence-electron chi connectivity index (χ0n) is 24.0. The van der Waals surface area contributed by atoms with Crippen molar-refractivity contribution in [1.29, 1.82) is 0 Å². The Kier molecular flexibility index (Phi) is 22.2. The molecule has 4 N–H and O–H groups in total. The first-order valence-corrected chi connectivity index (χ1v) is 15.6. The summed E-state index contributed by atoms with van der Waals surface area (Å²) < 4.78 is 17.2. The smallest absolute Gasteiger partial charge is 0.184 e. The summed E-state index contributed by atoms with van der Waals surface area (Å²) in [4.78, 5) is 0. The van der Waals surface area contributed by atoms with E-state index in [2.05, 4.69) is 13.8 Å². The van der Waals surface area contributed by atoms with E-state index in [0.717, 1.165) is 32.1 Å². The van der Waals surface area contributed by atoms with Crippen molar-refractivity contribution in [2.24, 2.45) is 0 Å². The van der Waals surface area contributed by atoms with Crippen molar-refractivity contribution in [2.75, 3.05) is 19.8 Å². The number of hydrogen-bond acceptors (Lipinski definition) is 7. The molecule has 1 fully saturated rings. The third-order valence-corrected chi connectivity index (χ3v) is 7.53. The van der Waals surface area contributed by atoms with Crippen LogP contribution in [0.15, 0.2) is 0 Å². The first kappa shape index (κ1) is 34.7. The molecule has 222 valence electrons. The number of unbranched alkanes of at least 4 members (excludes halogenated alkanes) is 15. The van der Waals surface area contributed by atoms with Gasteiger partial charge in [0.05, 0.1) is 12.7 Å². The van der Waals surface area contributed by atoms with Crippen molar-refractivity contribution in [3.05, 3.63) is 0 Å². The molecule has 0 saturated carbocycles. The summed E-state index contributed by atoms with van der Waals surface area (Å²) in [6, 6.07) is 0. The number of hydrogen-bond donors (Lipinski definition) is 4. The SMILES string of the molecule is CCCCCCCCCCC[C@@H](O)CCO[C@@H]1[C@@H](OCCCCCCCCCC)[C@H](O)[C@@H](CO)O[C@@H]1O. The second-order valence-electron chi connectivity index (χ2n) is 10.9. The van der Waals surface area contributed by atoms with Gasteiger partial charge in [-0.25, -0.2) is 0 Å². The minimum Gasteiger partial charge on any atom is -0.394 e. The average molecular weight is 533 g/mol. The Morgan fingerprint density at radius 2 is 1.11 bits per heavy atom. The van der Waals surface area contributed by atoms with Crippen molar-refractivity contribution >= 4 is 0 Å². The van der Waals surface area contributed by atoms with E-state index in [-0.39, 0.29) is 6.61 Å². The molecule has 7 nitrogen and oxygen atoms in total. The van der Waals surface area contributed by atoms with E-state index >= 15 is 0 Å². The zero-order chi connectivity index (χ0) is 27.1. The minimum absolute atomic E-state index is 0.248. The highest BCUT2D eigenvalue weighted by Gasteiger charge is 2.46. The molecule has 0 aromatic heterocycles. The van der Waals surface area contributed by atoms with Crippen LogP contribution in [-0.2, 0) is 14.2 Å². The van der Waals surface area contributed by atoms with Gasteiger partial charge >= 0.3 is 0 Å². The normalized spacial score (nSPS) is 25.0. The second kappa shape index (κ2) is 23.6. The molecule has 1 aliphatic heterocycles. The number of aliphatic hydroxyl groups is 4. The van der Waals surface area contributed by atoms with E-state index in [1.165, 1.54) is 83.5 Å². The highest BCUT2D eigenvalue weighted by molar-refractivity contribution is 4.91. The van der Waals surface area contributed by atoms with E-state index in [0.29, 0.717) is 13.0 Å². The summed E-state index contributed by atoms with van der Waals surface area (Å²) in [5.74, 6) is 0. The largest absolute Gasteiger partial charge is 0.394 e. The molecule has 0 radical (unpaired) electrons. The van der Waals surface area contributed by atoms with Crippen molar-refractivity contribution in [1.82, 2.24) is 0 Å². The van der Waals surface area contributed by atoms with Gasteiger partial charge in [-0.2, -0.15) is 0 Å². The van der Waals surface area contributed by atoms with Gasteiger partial charge in [0.25, 0.3) is 0 Å². The predicted octanol–water partition coefficient (Wildman–Crippen LogP) is 5.64. The van der Waals surface area contributed by atoms with Crippen molar-refractivity contribution in [2.45, 2.75) is 173 Å². The van der Waals surface area contributed by atoms with Crippen LogP contribution in [0, 0.1) is 0 Å². The molecule has 1 heterocycles. The second-order valence-corrected chi connectivity index (χ2v) is 10.9. The summed E-state index contributed by atoms with van der Waals surface area (Å²) in [6.45, 7) is 4.76. The molecule has 1 saturated heterocycles. The zero-order valence-corrected chi connectivity index (χ0v) is 24.0. The highest BCUT2D eigenvalue weighted by Crippen LogP contribution is 2.26. The van der Waals surface area contributed by atoms with Gasteiger partial charge in [-0.15, -0.1) is 0 Å². The van der Waals surface area contributed by atoms with Crippen molar-refractivity contribution < 1.29 is 34.6 Å². The maximum Gasteiger partial charge on any atom is 0.184 e. The molecule has 37 heavy (non-hydrogen) atoms. The van der Waals surface area contributed by atoms with Crippen LogP contribution in [0.1, 0.15) is 136 Å². The first-order chi connectivity index (χ1) is 18.0. The third kappa shape index (κ3) is 16.4. The predicted molar refractivity (Wildman–Crippen MR) is 149 cm³/mol. The fourth-order valence-electron chi connectivity index (χ4n) is 5.06. The van der Waals surface area contributed by atoms with Gasteiger partial charge in [0.15, 0.2) is 6.29 Å². The molecule has 1 rings (SSSR count). The quantitative estimate of drug-likeness (QED) is 0.113. The van der Waals surface area contributed by atoms with Crippen LogP contribution in [0.25, 0.3) is 0 Å². The van der Waals surface area contributed by atoms with E-state index in [4.69, 9.17) is 14.2 Å². The van der Waals surface area contributed by atoms with Crippen LogP contribution >= 0.6 is 0 Å². The van der Waals surface area contributed by atoms with Crippen LogP contribution in [-0.4, -0.2) is 77.1 Å². The number of rotatable bonds is 25. The van der Waals surface area contributed by atoms with Crippen molar-refractivity contribution in [3.8, 4) is 0 Å². The molecular weight excluding hydrogens is 472 g/mol. The molecule has 0 unspecified atom stereocenters. The molecule has 0 amide bonds. The lowest BCUT2D eigenvalue weighted by Gasteiger charge is -2.42. The Hall–Kier alpha value is -0.280. The Bertz CT molecular complexity index is 493. The monoisotopic (exact) mass is 532 g/mol. The number of aliphatic hydroxyl groups excluding tert-OH is 4. The van der Waals surface area contributed by atoms with Gasteiger partial charge in [0.1, 0.15) is 24.4 Å². The van der Waals surface area contributed by atoms with E-state index < -0.39 is 43.4 Å². The van der Waals surface area contributed by atoms with E-state index in [9.17, 15) is 20.4 Å². The molecule has 0 aromatic rings. The summed E-state index contributed by atoms with van der Waals surface area (Å²) in [5, 5.41) is 41.0. The molecule has 6 atom stereocenters. The maximum absolute atomic E-state index is 10.6. The Morgan fingerprint density at radius 1 is 0.622 bits per heavy atom.